The summed E-state index contributed by atoms with van der Waals surface area (Å²) in [6.45, 7) is 1.97. The van der Waals surface area contributed by atoms with Crippen LogP contribution in [0.4, 0.5) is 0 Å². The highest BCUT2D eigenvalue weighted by atomic mass is 127. The molecule has 0 bridgehead atoms. The Labute approximate surface area is 87.9 Å². The minimum Gasteiger partial charge on any atom is -0.288 e. The van der Waals surface area contributed by atoms with Crippen molar-refractivity contribution in [3.05, 3.63) is 27.1 Å². The van der Waals surface area contributed by atoms with Crippen LogP contribution < -0.4 is 0 Å². The van der Waals surface area contributed by atoms with Gasteiger partial charge in [-0.2, -0.15) is 0 Å². The van der Waals surface area contributed by atoms with E-state index in [9.17, 15) is 0 Å². The average Bonchev–Trinajstić information content (AvgIpc) is 2.42. The smallest absolute Gasteiger partial charge is 0.176 e. The van der Waals surface area contributed by atoms with E-state index in [4.69, 9.17) is 11.6 Å². The predicted octanol–water partition coefficient (Wildman–Crippen LogP) is 2.30. The second-order valence-electron chi connectivity index (χ2n) is 2.44. The van der Waals surface area contributed by atoms with Gasteiger partial charge >= 0.3 is 0 Å². The Kier molecular flexibility index (Phi) is 1.96. The predicted molar refractivity (Wildman–Crippen MR) is 55.5 cm³/mol. The molecule has 0 N–H and O–H groups in total. The number of nitrogens with zero attached hydrogens (tertiary/aromatic N) is 3. The van der Waals surface area contributed by atoms with Gasteiger partial charge in [-0.25, -0.2) is 9.97 Å². The number of aryl methyl sites for hydroxylation is 1. The monoisotopic (exact) mass is 293 g/mol. The van der Waals surface area contributed by atoms with Gasteiger partial charge in [0.2, 0.25) is 0 Å². The second kappa shape index (κ2) is 2.85. The van der Waals surface area contributed by atoms with Gasteiger partial charge in [-0.15, -0.1) is 0 Å². The third-order valence-corrected chi connectivity index (χ3v) is 2.70. The molecule has 0 aliphatic rings. The molecule has 0 amide bonds. The van der Waals surface area contributed by atoms with Gasteiger partial charge in [0.25, 0.3) is 0 Å². The molecule has 0 aliphatic heterocycles. The van der Waals surface area contributed by atoms with Crippen LogP contribution in [0.1, 0.15) is 5.69 Å². The van der Waals surface area contributed by atoms with Crippen molar-refractivity contribution < 1.29 is 0 Å². The molecule has 3 nitrogen and oxygen atoms in total. The lowest BCUT2D eigenvalue weighted by molar-refractivity contribution is 1.00. The fraction of sp³-hybridized carbons (Fsp3) is 0.143. The first-order chi connectivity index (χ1) is 5.70. The number of halogens is 2. The molecule has 12 heavy (non-hydrogen) atoms. The zero-order valence-electron chi connectivity index (χ0n) is 6.25. The third-order valence-electron chi connectivity index (χ3n) is 1.65. The minimum absolute atomic E-state index is 0.496. The lowest BCUT2D eigenvalue weighted by Crippen LogP contribution is -1.95. The summed E-state index contributed by atoms with van der Waals surface area (Å²) < 4.78 is 2.88. The largest absolute Gasteiger partial charge is 0.288 e. The maximum absolute atomic E-state index is 5.87. The van der Waals surface area contributed by atoms with E-state index in [0.29, 0.717) is 5.15 Å². The van der Waals surface area contributed by atoms with Gasteiger partial charge in [-0.1, -0.05) is 11.6 Å². The van der Waals surface area contributed by atoms with Crippen LogP contribution in [-0.4, -0.2) is 14.4 Å². The fourth-order valence-corrected chi connectivity index (χ4v) is 2.05. The van der Waals surface area contributed by atoms with Crippen molar-refractivity contribution in [3.8, 4) is 0 Å². The van der Waals surface area contributed by atoms with Gasteiger partial charge in [-0.05, 0) is 6.92 Å². The van der Waals surface area contributed by atoms with Crippen LogP contribution in [0.15, 0.2) is 12.4 Å². The normalized spacial score (nSPS) is 10.9. The van der Waals surface area contributed by atoms with Crippen molar-refractivity contribution in [1.29, 1.82) is 0 Å². The number of hydrogen-bond acceptors (Lipinski definition) is 2. The molecule has 62 valence electrons. The Morgan fingerprint density at radius 2 is 2.17 bits per heavy atom. The van der Waals surface area contributed by atoms with Crippen molar-refractivity contribution in [2.45, 2.75) is 6.92 Å². The van der Waals surface area contributed by atoms with E-state index in [0.717, 1.165) is 15.0 Å². The van der Waals surface area contributed by atoms with Crippen LogP contribution in [0.2, 0.25) is 5.15 Å². The molecule has 2 rings (SSSR count). The van der Waals surface area contributed by atoms with Crippen molar-refractivity contribution >= 4 is 39.7 Å². The van der Waals surface area contributed by atoms with Crippen molar-refractivity contribution in [1.82, 2.24) is 14.4 Å². The summed E-state index contributed by atoms with van der Waals surface area (Å²) in [5.41, 5.74) is 1.90. The molecule has 2 aromatic heterocycles. The lowest BCUT2D eigenvalue weighted by atomic mass is 10.5. The molecule has 0 fully saturated rings. The highest BCUT2D eigenvalue weighted by molar-refractivity contribution is 14.1. The van der Waals surface area contributed by atoms with Crippen LogP contribution in [0.25, 0.3) is 5.52 Å². The Bertz CT molecular complexity index is 437. The summed E-state index contributed by atoms with van der Waals surface area (Å²) in [6.07, 6.45) is 3.46. The molecule has 0 saturated heterocycles. The topological polar surface area (TPSA) is 30.2 Å². The molecular formula is C7H5ClIN3. The van der Waals surface area contributed by atoms with E-state index < -0.39 is 0 Å². The molecular weight excluding hydrogens is 288 g/mol. The molecule has 2 aromatic rings. The molecule has 0 unspecified atom stereocenters. The number of hydrogen-bond donors (Lipinski definition) is 0. The molecule has 0 atom stereocenters. The van der Waals surface area contributed by atoms with E-state index >= 15 is 0 Å². The summed E-state index contributed by atoms with van der Waals surface area (Å²) in [4.78, 5) is 8.16. The molecule has 2 heterocycles. The summed E-state index contributed by atoms with van der Waals surface area (Å²) >= 11 is 8.03. The van der Waals surface area contributed by atoms with Crippen LogP contribution in [0.5, 0.6) is 0 Å². The molecule has 0 spiro atoms. The van der Waals surface area contributed by atoms with Gasteiger partial charge in [0, 0.05) is 34.5 Å². The second-order valence-corrected chi connectivity index (χ2v) is 3.76. The summed E-state index contributed by atoms with van der Waals surface area (Å²) in [6, 6.07) is 0. The van der Waals surface area contributed by atoms with E-state index in [2.05, 4.69) is 32.6 Å². The highest BCUT2D eigenvalue weighted by Gasteiger charge is 2.06. The van der Waals surface area contributed by atoms with E-state index in [-0.39, 0.29) is 0 Å². The van der Waals surface area contributed by atoms with Crippen LogP contribution in [0.3, 0.4) is 0 Å². The number of imidazole rings is 1. The van der Waals surface area contributed by atoms with E-state index in [1.54, 1.807) is 12.4 Å². The summed E-state index contributed by atoms with van der Waals surface area (Å²) in [7, 11) is 0. The number of rotatable bonds is 0. The maximum atomic E-state index is 5.87. The third kappa shape index (κ3) is 1.09. The number of fused-ring (bicyclic) bond motifs is 1. The zero-order valence-corrected chi connectivity index (χ0v) is 9.17. The Morgan fingerprint density at radius 1 is 1.42 bits per heavy atom. The summed E-state index contributed by atoms with van der Waals surface area (Å²) in [5.74, 6) is 0. The van der Waals surface area contributed by atoms with Crippen LogP contribution in [0, 0.1) is 10.8 Å². The van der Waals surface area contributed by atoms with Crippen LogP contribution in [-0.2, 0) is 0 Å². The Balaban J connectivity index is 2.98. The zero-order chi connectivity index (χ0) is 8.72. The first-order valence-electron chi connectivity index (χ1n) is 3.34. The number of aromatic nitrogens is 3. The van der Waals surface area contributed by atoms with Gasteiger partial charge in [0.1, 0.15) is 5.52 Å². The summed E-state index contributed by atoms with van der Waals surface area (Å²) in [5, 5.41) is 0.496. The first kappa shape index (κ1) is 8.25. The van der Waals surface area contributed by atoms with Crippen LogP contribution >= 0.6 is 34.2 Å². The molecule has 5 heteroatoms. The average molecular weight is 293 g/mol. The first-order valence-corrected chi connectivity index (χ1v) is 4.80. The van der Waals surface area contributed by atoms with Gasteiger partial charge in [0.05, 0.1) is 6.20 Å². The highest BCUT2D eigenvalue weighted by Crippen LogP contribution is 2.18. The Morgan fingerprint density at radius 3 is 2.83 bits per heavy atom. The standard InChI is InChI=1S/C7H5ClIN3/c1-4-2-10-6(8)5-3-11-7(9)12(4)5/h2-3H,1H3. The van der Waals surface area contributed by atoms with Gasteiger partial charge in [0.15, 0.2) is 8.98 Å². The minimum atomic E-state index is 0.496. The molecule has 0 saturated carbocycles. The SMILES string of the molecule is Cc1cnc(Cl)c2cnc(I)n12. The van der Waals surface area contributed by atoms with Crippen molar-refractivity contribution in [3.63, 3.8) is 0 Å². The van der Waals surface area contributed by atoms with E-state index in [1.807, 2.05) is 11.3 Å². The maximum Gasteiger partial charge on any atom is 0.176 e. The lowest BCUT2D eigenvalue weighted by Gasteiger charge is -2.00. The molecule has 0 aromatic carbocycles. The van der Waals surface area contributed by atoms with E-state index in [1.165, 1.54) is 0 Å². The van der Waals surface area contributed by atoms with Crippen molar-refractivity contribution in [2.24, 2.45) is 0 Å². The molecule has 0 aliphatic carbocycles. The molecule has 0 radical (unpaired) electrons. The van der Waals surface area contributed by atoms with Gasteiger partial charge < -0.3 is 0 Å². The van der Waals surface area contributed by atoms with Gasteiger partial charge in [-0.3, -0.25) is 4.40 Å². The fourth-order valence-electron chi connectivity index (χ4n) is 1.08. The quantitative estimate of drug-likeness (QED) is 0.698. The Hall–Kier alpha value is -0.360. The van der Waals surface area contributed by atoms with Crippen molar-refractivity contribution in [2.75, 3.05) is 0 Å².